The average molecular weight is 217 g/mol. The first-order valence-electron chi connectivity index (χ1n) is 5.93. The van der Waals surface area contributed by atoms with Crippen LogP contribution in [0.3, 0.4) is 0 Å². The second kappa shape index (κ2) is 13.4. The highest BCUT2D eigenvalue weighted by atomic mass is 16.5. The van der Waals surface area contributed by atoms with Gasteiger partial charge in [0.15, 0.2) is 0 Å². The fourth-order valence-electron chi connectivity index (χ4n) is 0.595. The lowest BCUT2D eigenvalue weighted by molar-refractivity contribution is -0.120. The molecule has 0 rings (SSSR count). The van der Waals surface area contributed by atoms with Crippen molar-refractivity contribution in [1.82, 2.24) is 0 Å². The molecule has 15 heavy (non-hydrogen) atoms. The number of rotatable bonds is 7. The Kier molecular flexibility index (Phi) is 15.1. The van der Waals surface area contributed by atoms with Crippen molar-refractivity contribution in [2.45, 2.75) is 53.4 Å². The van der Waals surface area contributed by atoms with Gasteiger partial charge < -0.3 is 10.5 Å². The Morgan fingerprint density at radius 3 is 1.67 bits per heavy atom. The number of nitrogens with two attached hydrogens (primary N) is 1. The largest absolute Gasteiger partial charge is 0.381 e. The smallest absolute Gasteiger partial charge is 0.219 e. The number of hydrogen-bond acceptors (Lipinski definition) is 2. The van der Waals surface area contributed by atoms with Crippen LogP contribution in [0.4, 0.5) is 0 Å². The maximum atomic E-state index is 9.92. The third-order valence-corrected chi connectivity index (χ3v) is 1.85. The van der Waals surface area contributed by atoms with Crippen molar-refractivity contribution in [2.75, 3.05) is 13.2 Å². The van der Waals surface area contributed by atoms with Crippen molar-refractivity contribution in [3.05, 3.63) is 0 Å². The molecule has 3 heteroatoms. The molecule has 0 saturated carbocycles. The summed E-state index contributed by atoms with van der Waals surface area (Å²) >= 11 is 0. The monoisotopic (exact) mass is 217 g/mol. The first-order valence-corrected chi connectivity index (χ1v) is 5.93. The van der Waals surface area contributed by atoms with Crippen molar-refractivity contribution in [1.29, 1.82) is 0 Å². The highest BCUT2D eigenvalue weighted by Gasteiger charge is 1.96. The summed E-state index contributed by atoms with van der Waals surface area (Å²) in [5.41, 5.74) is 4.80. The van der Waals surface area contributed by atoms with Gasteiger partial charge in [-0.3, -0.25) is 4.79 Å². The Bertz CT molecular complexity index is 130. The molecule has 92 valence electrons. The van der Waals surface area contributed by atoms with E-state index in [1.54, 1.807) is 13.8 Å². The fourth-order valence-corrected chi connectivity index (χ4v) is 0.595. The van der Waals surface area contributed by atoms with Crippen LogP contribution in [-0.4, -0.2) is 19.1 Å². The molecule has 1 amide bonds. The van der Waals surface area contributed by atoms with E-state index in [1.165, 1.54) is 25.7 Å². The van der Waals surface area contributed by atoms with Crippen LogP contribution in [0.2, 0.25) is 0 Å². The predicted octanol–water partition coefficient (Wildman–Crippen LogP) is 2.73. The molecular weight excluding hydrogens is 190 g/mol. The van der Waals surface area contributed by atoms with Crippen molar-refractivity contribution >= 4 is 5.91 Å². The number of ether oxygens (including phenoxy) is 1. The molecular formula is C12H27NO2. The van der Waals surface area contributed by atoms with Gasteiger partial charge in [0.2, 0.25) is 5.91 Å². The topological polar surface area (TPSA) is 52.3 Å². The van der Waals surface area contributed by atoms with E-state index in [1.807, 2.05) is 0 Å². The second-order valence-corrected chi connectivity index (χ2v) is 3.88. The standard InChI is InChI=1S/C8H18O.C4H9NO/c1-3-5-7-9-8-6-4-2;1-3(2)4(5)6/h3-8H2,1-2H3;3H,1-2H3,(H2,5,6). The van der Waals surface area contributed by atoms with Crippen molar-refractivity contribution < 1.29 is 9.53 Å². The average Bonchev–Trinajstić information content (AvgIpc) is 2.18. The molecule has 0 heterocycles. The molecule has 0 bridgehead atoms. The summed E-state index contributed by atoms with van der Waals surface area (Å²) in [6, 6.07) is 0. The molecule has 0 aromatic rings. The Hall–Kier alpha value is -0.570. The van der Waals surface area contributed by atoms with E-state index in [-0.39, 0.29) is 11.8 Å². The molecule has 0 aliphatic heterocycles. The van der Waals surface area contributed by atoms with Crippen molar-refractivity contribution in [3.63, 3.8) is 0 Å². The molecule has 0 radical (unpaired) electrons. The van der Waals surface area contributed by atoms with E-state index in [9.17, 15) is 4.79 Å². The summed E-state index contributed by atoms with van der Waals surface area (Å²) in [7, 11) is 0. The van der Waals surface area contributed by atoms with Crippen LogP contribution in [0.5, 0.6) is 0 Å². The minimum atomic E-state index is -0.241. The molecule has 3 nitrogen and oxygen atoms in total. The summed E-state index contributed by atoms with van der Waals surface area (Å²) in [5.74, 6) is -0.250. The van der Waals surface area contributed by atoms with Gasteiger partial charge in [-0.2, -0.15) is 0 Å². The Labute approximate surface area is 94.4 Å². The molecule has 0 aromatic heterocycles. The highest BCUT2D eigenvalue weighted by Crippen LogP contribution is 1.91. The zero-order valence-electron chi connectivity index (χ0n) is 10.7. The number of amides is 1. The summed E-state index contributed by atoms with van der Waals surface area (Å²) in [6.45, 7) is 9.81. The van der Waals surface area contributed by atoms with Crippen LogP contribution in [0.25, 0.3) is 0 Å². The molecule has 0 aliphatic carbocycles. The molecule has 0 aromatic carbocycles. The molecule has 0 spiro atoms. The quantitative estimate of drug-likeness (QED) is 0.667. The van der Waals surface area contributed by atoms with Crippen LogP contribution in [0.1, 0.15) is 53.4 Å². The van der Waals surface area contributed by atoms with Crippen molar-refractivity contribution in [3.8, 4) is 0 Å². The van der Waals surface area contributed by atoms with E-state index >= 15 is 0 Å². The van der Waals surface area contributed by atoms with Crippen molar-refractivity contribution in [2.24, 2.45) is 11.7 Å². The van der Waals surface area contributed by atoms with Gasteiger partial charge in [-0.25, -0.2) is 0 Å². The third kappa shape index (κ3) is 19.7. The zero-order valence-corrected chi connectivity index (χ0v) is 10.7. The SMILES string of the molecule is CC(C)C(N)=O.CCCCOCCCC. The van der Waals surface area contributed by atoms with Crippen LogP contribution in [0.15, 0.2) is 0 Å². The Balaban J connectivity index is 0. The summed E-state index contributed by atoms with van der Waals surface area (Å²) in [6.07, 6.45) is 4.91. The number of carbonyl (C=O) groups is 1. The number of hydrogen-bond donors (Lipinski definition) is 1. The van der Waals surface area contributed by atoms with Gasteiger partial charge in [0, 0.05) is 19.1 Å². The third-order valence-electron chi connectivity index (χ3n) is 1.85. The van der Waals surface area contributed by atoms with Gasteiger partial charge >= 0.3 is 0 Å². The van der Waals surface area contributed by atoms with Gasteiger partial charge in [-0.1, -0.05) is 40.5 Å². The normalized spacial score (nSPS) is 9.67. The Morgan fingerprint density at radius 1 is 1.13 bits per heavy atom. The molecule has 0 saturated heterocycles. The number of unbranched alkanes of at least 4 members (excludes halogenated alkanes) is 2. The van der Waals surface area contributed by atoms with Crippen LogP contribution < -0.4 is 5.73 Å². The minimum Gasteiger partial charge on any atom is -0.381 e. The lowest BCUT2D eigenvalue weighted by Crippen LogP contribution is -2.17. The molecule has 0 atom stereocenters. The van der Waals surface area contributed by atoms with E-state index < -0.39 is 0 Å². The van der Waals surface area contributed by atoms with Gasteiger partial charge in [-0.05, 0) is 12.8 Å². The maximum absolute atomic E-state index is 9.92. The molecule has 0 aliphatic rings. The van der Waals surface area contributed by atoms with Gasteiger partial charge in [0.1, 0.15) is 0 Å². The Morgan fingerprint density at radius 2 is 1.47 bits per heavy atom. The van der Waals surface area contributed by atoms with Crippen LogP contribution >= 0.6 is 0 Å². The van der Waals surface area contributed by atoms with Crippen LogP contribution in [-0.2, 0) is 9.53 Å². The molecule has 0 unspecified atom stereocenters. The summed E-state index contributed by atoms with van der Waals surface area (Å²) in [5, 5.41) is 0. The number of carbonyl (C=O) groups excluding carboxylic acids is 1. The van der Waals surface area contributed by atoms with E-state index in [4.69, 9.17) is 10.5 Å². The lowest BCUT2D eigenvalue weighted by Gasteiger charge is -1.99. The second-order valence-electron chi connectivity index (χ2n) is 3.88. The summed E-state index contributed by atoms with van der Waals surface area (Å²) in [4.78, 5) is 9.92. The molecule has 2 N–H and O–H groups in total. The number of primary amides is 1. The van der Waals surface area contributed by atoms with E-state index in [0.29, 0.717) is 0 Å². The first kappa shape index (κ1) is 16.8. The maximum Gasteiger partial charge on any atom is 0.219 e. The minimum absolute atomic E-state index is 0.00926. The summed E-state index contributed by atoms with van der Waals surface area (Å²) < 4.78 is 5.31. The van der Waals surface area contributed by atoms with Crippen LogP contribution in [0, 0.1) is 5.92 Å². The first-order chi connectivity index (χ1) is 7.06. The fraction of sp³-hybridized carbons (Fsp3) is 0.917. The highest BCUT2D eigenvalue weighted by molar-refractivity contribution is 5.75. The lowest BCUT2D eigenvalue weighted by atomic mass is 10.2. The zero-order chi connectivity index (χ0) is 12.1. The van der Waals surface area contributed by atoms with Gasteiger partial charge in [-0.15, -0.1) is 0 Å². The van der Waals surface area contributed by atoms with E-state index in [0.717, 1.165) is 13.2 Å². The molecule has 0 fully saturated rings. The van der Waals surface area contributed by atoms with Gasteiger partial charge in [0.25, 0.3) is 0 Å². The van der Waals surface area contributed by atoms with E-state index in [2.05, 4.69) is 13.8 Å². The predicted molar refractivity (Wildman–Crippen MR) is 64.7 cm³/mol. The van der Waals surface area contributed by atoms with Gasteiger partial charge in [0.05, 0.1) is 0 Å².